The molecule has 1 atom stereocenters. The van der Waals surface area contributed by atoms with Gasteiger partial charge in [0.15, 0.2) is 0 Å². The third kappa shape index (κ3) is 3.59. The van der Waals surface area contributed by atoms with Crippen molar-refractivity contribution in [3.63, 3.8) is 0 Å². The maximum absolute atomic E-state index is 13.3. The molecule has 7 heteroatoms. The maximum Gasteiger partial charge on any atom is 0.417 e. The number of hydrogen-bond donors (Lipinski definition) is 1. The van der Waals surface area contributed by atoms with Crippen molar-refractivity contribution in [2.75, 3.05) is 6.54 Å². The largest absolute Gasteiger partial charge is 0.417 e. The summed E-state index contributed by atoms with van der Waals surface area (Å²) in [6, 6.07) is 2.43. The van der Waals surface area contributed by atoms with E-state index in [2.05, 4.69) is 10.3 Å². The molecule has 0 spiro atoms. The number of aromatic nitrogens is 1. The number of nitrogens with zero attached hydrogens (tertiary/aromatic N) is 1. The van der Waals surface area contributed by atoms with Crippen LogP contribution in [0, 0.1) is 5.82 Å². The van der Waals surface area contributed by atoms with E-state index in [1.54, 1.807) is 0 Å². The number of thiazole rings is 1. The quantitative estimate of drug-likeness (QED) is 0.831. The van der Waals surface area contributed by atoms with Crippen LogP contribution < -0.4 is 5.32 Å². The summed E-state index contributed by atoms with van der Waals surface area (Å²) in [6.07, 6.45) is -3.01. The third-order valence-electron chi connectivity index (χ3n) is 2.98. The second-order valence-corrected chi connectivity index (χ2v) is 5.60. The van der Waals surface area contributed by atoms with E-state index in [9.17, 15) is 17.6 Å². The topological polar surface area (TPSA) is 24.9 Å². The van der Waals surface area contributed by atoms with Gasteiger partial charge >= 0.3 is 6.18 Å². The molecule has 0 aliphatic heterocycles. The summed E-state index contributed by atoms with van der Waals surface area (Å²) in [5.41, 5.74) is -1.09. The normalized spacial score (nSPS) is 13.4. The molecule has 2 aromatic rings. The first-order valence-corrected chi connectivity index (χ1v) is 7.20. The number of halogens is 4. The fraction of sp³-hybridized carbons (Fsp3) is 0.357. The van der Waals surface area contributed by atoms with E-state index in [0.717, 1.165) is 41.0 Å². The van der Waals surface area contributed by atoms with Crippen molar-refractivity contribution in [3.8, 4) is 10.6 Å². The van der Waals surface area contributed by atoms with Gasteiger partial charge in [-0.3, -0.25) is 0 Å². The Morgan fingerprint density at radius 3 is 2.67 bits per heavy atom. The smallest absolute Gasteiger partial charge is 0.310 e. The molecule has 21 heavy (non-hydrogen) atoms. The fourth-order valence-corrected chi connectivity index (χ4v) is 2.93. The molecule has 0 radical (unpaired) electrons. The average molecular weight is 318 g/mol. The number of hydrogen-bond acceptors (Lipinski definition) is 3. The zero-order valence-corrected chi connectivity index (χ0v) is 12.3. The van der Waals surface area contributed by atoms with Crippen molar-refractivity contribution in [3.05, 3.63) is 40.7 Å². The molecule has 1 N–H and O–H groups in total. The number of alkyl halides is 3. The van der Waals surface area contributed by atoms with Gasteiger partial charge in [-0.25, -0.2) is 9.37 Å². The molecule has 0 amide bonds. The van der Waals surface area contributed by atoms with Crippen LogP contribution in [0.4, 0.5) is 17.6 Å². The molecule has 0 saturated heterocycles. The van der Waals surface area contributed by atoms with Gasteiger partial charge in [0.2, 0.25) is 0 Å². The van der Waals surface area contributed by atoms with Crippen molar-refractivity contribution >= 4 is 11.3 Å². The Morgan fingerprint density at radius 1 is 1.33 bits per heavy atom. The molecule has 0 aliphatic rings. The predicted octanol–water partition coefficient (Wildman–Crippen LogP) is 4.64. The van der Waals surface area contributed by atoms with E-state index < -0.39 is 17.6 Å². The van der Waals surface area contributed by atoms with Crippen molar-refractivity contribution in [2.24, 2.45) is 0 Å². The van der Waals surface area contributed by atoms with Gasteiger partial charge in [0.1, 0.15) is 10.8 Å². The van der Waals surface area contributed by atoms with E-state index in [1.165, 1.54) is 6.20 Å². The number of nitrogens with one attached hydrogen (secondary N) is 1. The highest BCUT2D eigenvalue weighted by Crippen LogP contribution is 2.39. The van der Waals surface area contributed by atoms with Crippen LogP contribution in [-0.2, 0) is 6.18 Å². The second kappa shape index (κ2) is 6.11. The highest BCUT2D eigenvalue weighted by molar-refractivity contribution is 7.15. The van der Waals surface area contributed by atoms with Gasteiger partial charge in [-0.05, 0) is 31.7 Å². The predicted molar refractivity (Wildman–Crippen MR) is 74.6 cm³/mol. The Balaban J connectivity index is 2.45. The lowest BCUT2D eigenvalue weighted by atomic mass is 10.1. The molecule has 0 aliphatic carbocycles. The first-order valence-electron chi connectivity index (χ1n) is 6.39. The molecular weight excluding hydrogens is 304 g/mol. The van der Waals surface area contributed by atoms with Gasteiger partial charge in [-0.2, -0.15) is 13.2 Å². The molecule has 0 saturated carbocycles. The summed E-state index contributed by atoms with van der Waals surface area (Å²) in [6.45, 7) is 4.58. The first kappa shape index (κ1) is 15.9. The van der Waals surface area contributed by atoms with Crippen LogP contribution >= 0.6 is 11.3 Å². The molecule has 1 heterocycles. The van der Waals surface area contributed by atoms with Crippen LogP contribution in [0.2, 0.25) is 0 Å². The van der Waals surface area contributed by atoms with Crippen molar-refractivity contribution in [1.82, 2.24) is 10.3 Å². The lowest BCUT2D eigenvalue weighted by Crippen LogP contribution is -2.16. The summed E-state index contributed by atoms with van der Waals surface area (Å²) in [5, 5.41) is 3.33. The molecule has 1 aromatic heterocycles. The number of rotatable bonds is 4. The Bertz CT molecular complexity index is 622. The van der Waals surface area contributed by atoms with E-state index in [1.807, 2.05) is 13.8 Å². The van der Waals surface area contributed by atoms with Gasteiger partial charge < -0.3 is 5.32 Å². The zero-order valence-electron chi connectivity index (χ0n) is 11.5. The second-order valence-electron chi connectivity index (χ2n) is 4.53. The SMILES string of the molecule is CCNC(C)c1cnc(-c2cc(F)ccc2C(F)(F)F)s1. The van der Waals surface area contributed by atoms with E-state index in [4.69, 9.17) is 0 Å². The lowest BCUT2D eigenvalue weighted by Gasteiger charge is -2.11. The minimum atomic E-state index is -4.54. The standard InChI is InChI=1S/C14H14F4N2S/c1-3-19-8(2)12-7-20-13(21-12)10-6-9(15)4-5-11(10)14(16,17)18/h4-8,19H,3H2,1-2H3. The fourth-order valence-electron chi connectivity index (χ4n) is 1.96. The highest BCUT2D eigenvalue weighted by Gasteiger charge is 2.34. The minimum absolute atomic E-state index is 0.0101. The molecule has 1 aromatic carbocycles. The van der Waals surface area contributed by atoms with Gasteiger partial charge in [-0.15, -0.1) is 11.3 Å². The van der Waals surface area contributed by atoms with E-state index in [-0.39, 0.29) is 16.6 Å². The van der Waals surface area contributed by atoms with Gasteiger partial charge in [0, 0.05) is 22.7 Å². The monoisotopic (exact) mass is 318 g/mol. The maximum atomic E-state index is 13.3. The van der Waals surface area contributed by atoms with Crippen LogP contribution in [0.5, 0.6) is 0 Å². The summed E-state index contributed by atoms with van der Waals surface area (Å²) < 4.78 is 52.3. The minimum Gasteiger partial charge on any atom is -0.310 e. The van der Waals surface area contributed by atoms with Crippen molar-refractivity contribution in [1.29, 1.82) is 0 Å². The molecule has 1 unspecified atom stereocenters. The molecule has 0 bridgehead atoms. The van der Waals surface area contributed by atoms with Crippen LogP contribution in [0.3, 0.4) is 0 Å². The molecule has 2 nitrogen and oxygen atoms in total. The van der Waals surface area contributed by atoms with Crippen LogP contribution in [0.1, 0.15) is 30.3 Å². The lowest BCUT2D eigenvalue weighted by molar-refractivity contribution is -0.137. The summed E-state index contributed by atoms with van der Waals surface area (Å²) in [7, 11) is 0. The Labute approximate surface area is 123 Å². The highest BCUT2D eigenvalue weighted by atomic mass is 32.1. The number of benzene rings is 1. The average Bonchev–Trinajstić information content (AvgIpc) is 2.87. The van der Waals surface area contributed by atoms with Crippen LogP contribution in [-0.4, -0.2) is 11.5 Å². The summed E-state index contributed by atoms with van der Waals surface area (Å²) >= 11 is 1.13. The Hall–Kier alpha value is -1.47. The summed E-state index contributed by atoms with van der Waals surface area (Å²) in [5.74, 6) is -0.713. The van der Waals surface area contributed by atoms with E-state index in [0.29, 0.717) is 0 Å². The van der Waals surface area contributed by atoms with E-state index >= 15 is 0 Å². The molecule has 0 fully saturated rings. The van der Waals surface area contributed by atoms with Crippen LogP contribution in [0.15, 0.2) is 24.4 Å². The zero-order chi connectivity index (χ0) is 15.6. The molecular formula is C14H14F4N2S. The first-order chi connectivity index (χ1) is 9.82. The van der Waals surface area contributed by atoms with Crippen molar-refractivity contribution in [2.45, 2.75) is 26.1 Å². The Kier molecular flexibility index (Phi) is 4.63. The van der Waals surface area contributed by atoms with Crippen LogP contribution in [0.25, 0.3) is 10.6 Å². The van der Waals surface area contributed by atoms with Gasteiger partial charge in [0.25, 0.3) is 0 Å². The van der Waals surface area contributed by atoms with Gasteiger partial charge in [-0.1, -0.05) is 6.92 Å². The molecule has 2 rings (SSSR count). The van der Waals surface area contributed by atoms with Crippen molar-refractivity contribution < 1.29 is 17.6 Å². The van der Waals surface area contributed by atoms with Gasteiger partial charge in [0.05, 0.1) is 5.56 Å². The Morgan fingerprint density at radius 2 is 2.05 bits per heavy atom. The third-order valence-corrected chi connectivity index (χ3v) is 4.19. The molecule has 114 valence electrons. The summed E-state index contributed by atoms with van der Waals surface area (Å²) in [4.78, 5) is 4.83.